The highest BCUT2D eigenvalue weighted by atomic mass is 15.2. The van der Waals surface area contributed by atoms with Crippen LogP contribution < -0.4 is 11.1 Å². The lowest BCUT2D eigenvalue weighted by atomic mass is 10.0. The van der Waals surface area contributed by atoms with E-state index in [1.165, 1.54) is 5.56 Å². The fourth-order valence-electron chi connectivity index (χ4n) is 1.95. The molecule has 1 heterocycles. The van der Waals surface area contributed by atoms with E-state index in [1.807, 2.05) is 6.07 Å². The highest BCUT2D eigenvalue weighted by Gasteiger charge is 2.47. The van der Waals surface area contributed by atoms with Crippen LogP contribution in [0.1, 0.15) is 18.4 Å². The molecule has 0 bridgehead atoms. The van der Waals surface area contributed by atoms with Gasteiger partial charge in [0.1, 0.15) is 0 Å². The Bertz CT molecular complexity index is 391. The molecule has 0 aromatic heterocycles. The molecule has 0 radical (unpaired) electrons. The first kappa shape index (κ1) is 6.95. The van der Waals surface area contributed by atoms with Gasteiger partial charge in [0.05, 0.1) is 5.54 Å². The molecule has 3 nitrogen and oxygen atoms in total. The first-order valence-corrected chi connectivity index (χ1v) is 4.52. The lowest BCUT2D eigenvalue weighted by Gasteiger charge is -2.22. The number of nitrogens with one attached hydrogen (secondary N) is 1. The zero-order valence-corrected chi connectivity index (χ0v) is 7.25. The van der Waals surface area contributed by atoms with Crippen molar-refractivity contribution in [3.05, 3.63) is 29.8 Å². The fraction of sp³-hybridized carbons (Fsp3) is 0.300. The normalized spacial score (nSPS) is 21.7. The van der Waals surface area contributed by atoms with Gasteiger partial charge in [-0.1, -0.05) is 18.2 Å². The van der Waals surface area contributed by atoms with Crippen LogP contribution in [0.4, 0.5) is 5.69 Å². The molecule has 3 N–H and O–H groups in total. The second-order valence-corrected chi connectivity index (χ2v) is 3.70. The van der Waals surface area contributed by atoms with Gasteiger partial charge in [-0.2, -0.15) is 0 Å². The van der Waals surface area contributed by atoms with Gasteiger partial charge in [0.25, 0.3) is 0 Å². The third kappa shape index (κ3) is 0.869. The number of nitrogens with zero attached hydrogens (tertiary/aromatic N) is 1. The molecule has 13 heavy (non-hydrogen) atoms. The van der Waals surface area contributed by atoms with Gasteiger partial charge in [0.15, 0.2) is 5.96 Å². The average Bonchev–Trinajstić information content (AvgIpc) is 2.85. The van der Waals surface area contributed by atoms with Crippen LogP contribution in [0.25, 0.3) is 0 Å². The number of hydrogen-bond acceptors (Lipinski definition) is 3. The minimum absolute atomic E-state index is 0.0337. The average molecular weight is 173 g/mol. The van der Waals surface area contributed by atoms with Crippen molar-refractivity contribution in [2.24, 2.45) is 10.7 Å². The summed E-state index contributed by atoms with van der Waals surface area (Å²) in [5.74, 6) is 0.552. The first-order valence-electron chi connectivity index (χ1n) is 4.52. The van der Waals surface area contributed by atoms with Gasteiger partial charge in [-0.05, 0) is 18.9 Å². The SMILES string of the molecule is NC1=NC2(CC2)c2ccccc2N1. The molecule has 1 aromatic rings. The molecule has 0 unspecified atom stereocenters. The number of fused-ring (bicyclic) bond motifs is 2. The number of hydrogen-bond donors (Lipinski definition) is 2. The number of benzene rings is 1. The highest BCUT2D eigenvalue weighted by Crippen LogP contribution is 2.53. The number of para-hydroxylation sites is 1. The zero-order valence-electron chi connectivity index (χ0n) is 7.25. The number of rotatable bonds is 0. The lowest BCUT2D eigenvalue weighted by molar-refractivity contribution is 0.734. The summed E-state index contributed by atoms with van der Waals surface area (Å²) < 4.78 is 0. The number of anilines is 1. The molecule has 1 saturated carbocycles. The molecule has 0 atom stereocenters. The Kier molecular flexibility index (Phi) is 1.09. The molecule has 0 saturated heterocycles. The zero-order chi connectivity index (χ0) is 8.89. The molecule has 1 aliphatic carbocycles. The molecular formula is C10H11N3. The minimum Gasteiger partial charge on any atom is -0.370 e. The molecule has 0 amide bonds. The summed E-state index contributed by atoms with van der Waals surface area (Å²) in [5, 5.41) is 3.08. The van der Waals surface area contributed by atoms with E-state index in [1.54, 1.807) is 0 Å². The lowest BCUT2D eigenvalue weighted by Crippen LogP contribution is -2.30. The molecule has 1 aromatic carbocycles. The molecule has 1 fully saturated rings. The van der Waals surface area contributed by atoms with Crippen LogP contribution in [0.3, 0.4) is 0 Å². The maximum absolute atomic E-state index is 5.70. The van der Waals surface area contributed by atoms with Gasteiger partial charge < -0.3 is 11.1 Å². The molecule has 1 spiro atoms. The van der Waals surface area contributed by atoms with Crippen LogP contribution in [0.15, 0.2) is 29.3 Å². The monoisotopic (exact) mass is 173 g/mol. The van der Waals surface area contributed by atoms with E-state index in [9.17, 15) is 0 Å². The molecular weight excluding hydrogens is 162 g/mol. The van der Waals surface area contributed by atoms with Crippen LogP contribution in [0.5, 0.6) is 0 Å². The Morgan fingerprint density at radius 2 is 2.08 bits per heavy atom. The third-order valence-corrected chi connectivity index (χ3v) is 2.75. The molecule has 2 aliphatic rings. The summed E-state index contributed by atoms with van der Waals surface area (Å²) in [6.45, 7) is 0. The summed E-state index contributed by atoms with van der Waals surface area (Å²) in [6, 6.07) is 8.25. The summed E-state index contributed by atoms with van der Waals surface area (Å²) in [5.41, 5.74) is 8.15. The summed E-state index contributed by atoms with van der Waals surface area (Å²) in [6.07, 6.45) is 2.26. The second kappa shape index (κ2) is 2.05. The molecule has 1 aliphatic heterocycles. The van der Waals surface area contributed by atoms with Crippen molar-refractivity contribution in [2.75, 3.05) is 5.32 Å². The van der Waals surface area contributed by atoms with E-state index in [2.05, 4.69) is 28.5 Å². The van der Waals surface area contributed by atoms with Gasteiger partial charge in [0.2, 0.25) is 0 Å². The van der Waals surface area contributed by atoms with Gasteiger partial charge in [0, 0.05) is 11.3 Å². The van der Waals surface area contributed by atoms with Crippen LogP contribution in [-0.2, 0) is 5.54 Å². The van der Waals surface area contributed by atoms with Gasteiger partial charge in [-0.25, -0.2) is 4.99 Å². The fourth-order valence-corrected chi connectivity index (χ4v) is 1.95. The van der Waals surface area contributed by atoms with Crippen molar-refractivity contribution >= 4 is 11.6 Å². The van der Waals surface area contributed by atoms with Crippen LogP contribution in [-0.4, -0.2) is 5.96 Å². The molecule has 3 rings (SSSR count). The summed E-state index contributed by atoms with van der Waals surface area (Å²) >= 11 is 0. The summed E-state index contributed by atoms with van der Waals surface area (Å²) in [7, 11) is 0. The molecule has 3 heteroatoms. The van der Waals surface area contributed by atoms with Crippen molar-refractivity contribution in [2.45, 2.75) is 18.4 Å². The van der Waals surface area contributed by atoms with Crippen molar-refractivity contribution in [1.29, 1.82) is 0 Å². The Morgan fingerprint density at radius 1 is 1.31 bits per heavy atom. The number of nitrogens with two attached hydrogens (primary N) is 1. The van der Waals surface area contributed by atoms with E-state index in [-0.39, 0.29) is 5.54 Å². The van der Waals surface area contributed by atoms with Crippen LogP contribution >= 0.6 is 0 Å². The highest BCUT2D eigenvalue weighted by molar-refractivity contribution is 5.96. The smallest absolute Gasteiger partial charge is 0.194 e. The predicted molar refractivity (Wildman–Crippen MR) is 52.6 cm³/mol. The van der Waals surface area contributed by atoms with E-state index in [4.69, 9.17) is 5.73 Å². The van der Waals surface area contributed by atoms with Crippen molar-refractivity contribution in [1.82, 2.24) is 0 Å². The van der Waals surface area contributed by atoms with Crippen LogP contribution in [0, 0.1) is 0 Å². The summed E-state index contributed by atoms with van der Waals surface area (Å²) in [4.78, 5) is 4.45. The quantitative estimate of drug-likeness (QED) is 0.623. The Hall–Kier alpha value is -1.51. The minimum atomic E-state index is 0.0337. The predicted octanol–water partition coefficient (Wildman–Crippen LogP) is 1.42. The maximum atomic E-state index is 5.70. The maximum Gasteiger partial charge on any atom is 0.194 e. The molecule has 66 valence electrons. The largest absolute Gasteiger partial charge is 0.370 e. The number of aliphatic imine (C=N–C) groups is 1. The van der Waals surface area contributed by atoms with Crippen molar-refractivity contribution in [3.8, 4) is 0 Å². The second-order valence-electron chi connectivity index (χ2n) is 3.70. The third-order valence-electron chi connectivity index (χ3n) is 2.75. The number of guanidine groups is 1. The topological polar surface area (TPSA) is 50.4 Å². The van der Waals surface area contributed by atoms with E-state index < -0.39 is 0 Å². The van der Waals surface area contributed by atoms with Gasteiger partial charge >= 0.3 is 0 Å². The van der Waals surface area contributed by atoms with Gasteiger partial charge in [-0.3, -0.25) is 0 Å². The Morgan fingerprint density at radius 3 is 2.85 bits per heavy atom. The van der Waals surface area contributed by atoms with Gasteiger partial charge in [-0.15, -0.1) is 0 Å². The Balaban J connectivity index is 2.20. The van der Waals surface area contributed by atoms with E-state index >= 15 is 0 Å². The van der Waals surface area contributed by atoms with Crippen LogP contribution in [0.2, 0.25) is 0 Å². The standard InChI is InChI=1S/C10H11N3/c11-9-12-8-4-2-1-3-7(8)10(13-9)5-6-10/h1-4H,5-6H2,(H3,11,12,13). The first-order chi connectivity index (χ1) is 6.30. The Labute approximate surface area is 76.7 Å². The van der Waals surface area contributed by atoms with E-state index in [0.29, 0.717) is 5.96 Å². The van der Waals surface area contributed by atoms with Crippen molar-refractivity contribution < 1.29 is 0 Å². The van der Waals surface area contributed by atoms with Crippen molar-refractivity contribution in [3.63, 3.8) is 0 Å². The van der Waals surface area contributed by atoms with E-state index in [0.717, 1.165) is 18.5 Å².